The summed E-state index contributed by atoms with van der Waals surface area (Å²) in [5.41, 5.74) is 0.679. The summed E-state index contributed by atoms with van der Waals surface area (Å²) in [4.78, 5) is 15.0. The van der Waals surface area contributed by atoms with Crippen LogP contribution in [0.2, 0.25) is 5.02 Å². The van der Waals surface area contributed by atoms with Gasteiger partial charge in [-0.15, -0.1) is 0 Å². The van der Waals surface area contributed by atoms with Crippen molar-refractivity contribution in [1.29, 1.82) is 0 Å². The highest BCUT2D eigenvalue weighted by Crippen LogP contribution is 2.32. The van der Waals surface area contributed by atoms with Crippen molar-refractivity contribution in [3.8, 4) is 0 Å². The number of carbonyl (C=O) groups is 1. The summed E-state index contributed by atoms with van der Waals surface area (Å²) < 4.78 is 41.7. The maximum atomic E-state index is 14.6. The van der Waals surface area contributed by atoms with Gasteiger partial charge in [0.1, 0.15) is 11.5 Å². The average molecular weight is 452 g/mol. The first-order valence-electron chi connectivity index (χ1n) is 10.0. The SMILES string of the molecule is O=C(Nc1c(F)cccc1N1CCCC1)c1cc(S(=O)(=O)N2CCCC2)ccc1Cl. The molecule has 2 aliphatic rings. The third-order valence-electron chi connectivity index (χ3n) is 5.56. The molecular formula is C21H23ClFN3O3S. The van der Waals surface area contributed by atoms with Crippen molar-refractivity contribution in [1.82, 2.24) is 4.31 Å². The van der Waals surface area contributed by atoms with Gasteiger partial charge < -0.3 is 10.2 Å². The number of para-hydroxylation sites is 1. The highest BCUT2D eigenvalue weighted by Gasteiger charge is 2.29. The zero-order valence-electron chi connectivity index (χ0n) is 16.4. The van der Waals surface area contributed by atoms with Crippen LogP contribution < -0.4 is 10.2 Å². The Hall–Kier alpha value is -2.16. The highest BCUT2D eigenvalue weighted by atomic mass is 35.5. The normalized spacial score (nSPS) is 17.5. The van der Waals surface area contributed by atoms with Gasteiger partial charge in [-0.1, -0.05) is 17.7 Å². The van der Waals surface area contributed by atoms with Crippen LogP contribution in [0.25, 0.3) is 0 Å². The minimum atomic E-state index is -3.70. The average Bonchev–Trinajstić information content (AvgIpc) is 3.44. The molecule has 30 heavy (non-hydrogen) atoms. The third-order valence-corrected chi connectivity index (χ3v) is 7.79. The Labute approximate surface area is 180 Å². The number of benzene rings is 2. The molecule has 4 rings (SSSR count). The molecule has 0 saturated carbocycles. The molecule has 0 bridgehead atoms. The van der Waals surface area contributed by atoms with Crippen molar-refractivity contribution >= 4 is 38.9 Å². The summed E-state index contributed by atoms with van der Waals surface area (Å²) in [6, 6.07) is 8.70. The van der Waals surface area contributed by atoms with Gasteiger partial charge in [0.2, 0.25) is 10.0 Å². The third kappa shape index (κ3) is 4.04. The number of carbonyl (C=O) groups excluding carboxylic acids is 1. The van der Waals surface area contributed by atoms with Gasteiger partial charge >= 0.3 is 0 Å². The van der Waals surface area contributed by atoms with E-state index >= 15 is 0 Å². The second-order valence-electron chi connectivity index (χ2n) is 7.54. The maximum absolute atomic E-state index is 14.6. The van der Waals surface area contributed by atoms with Crippen molar-refractivity contribution < 1.29 is 17.6 Å². The van der Waals surface area contributed by atoms with E-state index < -0.39 is 21.7 Å². The van der Waals surface area contributed by atoms with Crippen LogP contribution in [0.1, 0.15) is 36.0 Å². The number of anilines is 2. The van der Waals surface area contributed by atoms with Crippen molar-refractivity contribution in [2.75, 3.05) is 36.4 Å². The Balaban J connectivity index is 1.65. The predicted molar refractivity (Wildman–Crippen MR) is 115 cm³/mol. The lowest BCUT2D eigenvalue weighted by Gasteiger charge is -2.22. The van der Waals surface area contributed by atoms with E-state index in [1.165, 1.54) is 28.6 Å². The summed E-state index contributed by atoms with van der Waals surface area (Å²) in [6.07, 6.45) is 3.64. The van der Waals surface area contributed by atoms with Gasteiger partial charge in [-0.2, -0.15) is 4.31 Å². The van der Waals surface area contributed by atoms with E-state index in [1.54, 1.807) is 12.1 Å². The summed E-state index contributed by atoms with van der Waals surface area (Å²) >= 11 is 6.20. The van der Waals surface area contributed by atoms with E-state index in [0.717, 1.165) is 38.8 Å². The number of sulfonamides is 1. The lowest BCUT2D eigenvalue weighted by Crippen LogP contribution is -2.28. The number of halogens is 2. The Morgan fingerprint density at radius 2 is 1.67 bits per heavy atom. The molecular weight excluding hydrogens is 429 g/mol. The minimum Gasteiger partial charge on any atom is -0.370 e. The zero-order chi connectivity index (χ0) is 21.3. The van der Waals surface area contributed by atoms with E-state index in [2.05, 4.69) is 5.32 Å². The van der Waals surface area contributed by atoms with E-state index in [1.807, 2.05) is 4.90 Å². The molecule has 6 nitrogen and oxygen atoms in total. The van der Waals surface area contributed by atoms with Gasteiger partial charge in [0, 0.05) is 26.2 Å². The summed E-state index contributed by atoms with van der Waals surface area (Å²) in [5.74, 6) is -1.20. The van der Waals surface area contributed by atoms with E-state index in [0.29, 0.717) is 18.8 Å². The molecule has 1 N–H and O–H groups in total. The molecule has 2 aromatic carbocycles. The Morgan fingerprint density at radius 3 is 2.37 bits per heavy atom. The largest absolute Gasteiger partial charge is 0.370 e. The van der Waals surface area contributed by atoms with Gasteiger partial charge in [0.25, 0.3) is 5.91 Å². The lowest BCUT2D eigenvalue weighted by atomic mass is 10.2. The van der Waals surface area contributed by atoms with Crippen molar-refractivity contribution in [3.05, 3.63) is 52.8 Å². The van der Waals surface area contributed by atoms with Gasteiger partial charge in [0.05, 0.1) is 21.2 Å². The predicted octanol–water partition coefficient (Wildman–Crippen LogP) is 4.12. The molecule has 2 fully saturated rings. The highest BCUT2D eigenvalue weighted by molar-refractivity contribution is 7.89. The first kappa shape index (κ1) is 21.1. The monoisotopic (exact) mass is 451 g/mol. The summed E-state index contributed by atoms with van der Waals surface area (Å²) in [7, 11) is -3.70. The van der Waals surface area contributed by atoms with E-state index in [9.17, 15) is 17.6 Å². The van der Waals surface area contributed by atoms with Crippen LogP contribution in [0.4, 0.5) is 15.8 Å². The molecule has 2 saturated heterocycles. The number of rotatable bonds is 5. The fraction of sp³-hybridized carbons (Fsp3) is 0.381. The fourth-order valence-corrected chi connectivity index (χ4v) is 5.70. The molecule has 1 amide bonds. The molecule has 0 aliphatic carbocycles. The quantitative estimate of drug-likeness (QED) is 0.742. The van der Waals surface area contributed by atoms with Crippen molar-refractivity contribution in [2.45, 2.75) is 30.6 Å². The van der Waals surface area contributed by atoms with Gasteiger partial charge in [0.15, 0.2) is 0 Å². The fourth-order valence-electron chi connectivity index (χ4n) is 3.96. The topological polar surface area (TPSA) is 69.7 Å². The molecule has 2 heterocycles. The first-order valence-corrected chi connectivity index (χ1v) is 11.8. The first-order chi connectivity index (χ1) is 14.4. The number of nitrogens with one attached hydrogen (secondary N) is 1. The smallest absolute Gasteiger partial charge is 0.257 e. The Kier molecular flexibility index (Phi) is 5.99. The van der Waals surface area contributed by atoms with Crippen LogP contribution in [-0.2, 0) is 10.0 Å². The second kappa shape index (κ2) is 8.53. The van der Waals surface area contributed by atoms with Gasteiger partial charge in [-0.05, 0) is 56.0 Å². The second-order valence-corrected chi connectivity index (χ2v) is 9.88. The van der Waals surface area contributed by atoms with Crippen LogP contribution in [0.15, 0.2) is 41.3 Å². The van der Waals surface area contributed by atoms with Crippen LogP contribution in [0, 0.1) is 5.82 Å². The Morgan fingerprint density at radius 1 is 1.00 bits per heavy atom. The van der Waals surface area contributed by atoms with Gasteiger partial charge in [-0.25, -0.2) is 12.8 Å². The molecule has 2 aliphatic heterocycles. The summed E-state index contributed by atoms with van der Waals surface area (Å²) in [5, 5.41) is 2.72. The molecule has 2 aromatic rings. The number of nitrogens with zero attached hydrogens (tertiary/aromatic N) is 2. The molecule has 160 valence electrons. The van der Waals surface area contributed by atoms with Crippen molar-refractivity contribution in [2.24, 2.45) is 0 Å². The molecule has 0 radical (unpaired) electrons. The molecule has 0 unspecified atom stereocenters. The van der Waals surface area contributed by atoms with Crippen LogP contribution >= 0.6 is 11.6 Å². The zero-order valence-corrected chi connectivity index (χ0v) is 18.0. The van der Waals surface area contributed by atoms with Crippen LogP contribution in [0.3, 0.4) is 0 Å². The van der Waals surface area contributed by atoms with Crippen LogP contribution in [0.5, 0.6) is 0 Å². The standard InChI is InChI=1S/C21H23ClFN3O3S/c22-17-9-8-15(30(28,29)26-12-3-4-13-26)14-16(17)21(27)24-20-18(23)6-5-7-19(20)25-10-1-2-11-25/h5-9,14H,1-4,10-13H2,(H,24,27). The molecule has 0 aromatic heterocycles. The van der Waals surface area contributed by atoms with E-state index in [4.69, 9.17) is 11.6 Å². The minimum absolute atomic E-state index is 0.00671. The summed E-state index contributed by atoms with van der Waals surface area (Å²) in [6.45, 7) is 2.50. The number of amides is 1. The molecule has 9 heteroatoms. The van der Waals surface area contributed by atoms with E-state index in [-0.39, 0.29) is 21.2 Å². The number of hydrogen-bond acceptors (Lipinski definition) is 4. The molecule has 0 spiro atoms. The Bertz CT molecular complexity index is 1070. The van der Waals surface area contributed by atoms with Gasteiger partial charge in [-0.3, -0.25) is 4.79 Å². The molecule has 0 atom stereocenters. The maximum Gasteiger partial charge on any atom is 0.257 e. The van der Waals surface area contributed by atoms with Crippen LogP contribution in [-0.4, -0.2) is 44.8 Å². The lowest BCUT2D eigenvalue weighted by molar-refractivity contribution is 0.102. The number of hydrogen-bond donors (Lipinski definition) is 1. The van der Waals surface area contributed by atoms with Crippen molar-refractivity contribution in [3.63, 3.8) is 0 Å².